The second-order valence-corrected chi connectivity index (χ2v) is 5.20. The highest BCUT2D eigenvalue weighted by Crippen LogP contribution is 2.30. The number of thiazole rings is 1. The largest absolute Gasteiger partial charge is 0.497 e. The first-order chi connectivity index (χ1) is 10.1. The number of rotatable bonds is 5. The van der Waals surface area contributed by atoms with Crippen LogP contribution in [0.2, 0.25) is 0 Å². The molecule has 0 aliphatic rings. The van der Waals surface area contributed by atoms with Crippen LogP contribution in [0.4, 0.5) is 0 Å². The molecule has 1 heterocycles. The van der Waals surface area contributed by atoms with E-state index in [9.17, 15) is 9.59 Å². The fourth-order valence-electron chi connectivity index (χ4n) is 1.75. The Morgan fingerprint density at radius 3 is 2.43 bits per heavy atom. The summed E-state index contributed by atoms with van der Waals surface area (Å²) in [4.78, 5) is 28.1. The van der Waals surface area contributed by atoms with E-state index in [1.807, 2.05) is 12.1 Å². The lowest BCUT2D eigenvalue weighted by atomic mass is 10.2. The number of ether oxygens (including phenoxy) is 2. The quantitative estimate of drug-likeness (QED) is 0.627. The van der Waals surface area contributed by atoms with E-state index in [1.165, 1.54) is 18.3 Å². The fourth-order valence-corrected chi connectivity index (χ4v) is 2.71. The molecule has 0 unspecified atom stereocenters. The molecule has 0 atom stereocenters. The summed E-state index contributed by atoms with van der Waals surface area (Å²) < 4.78 is 10.0. The van der Waals surface area contributed by atoms with Crippen molar-refractivity contribution >= 4 is 23.1 Å². The first kappa shape index (κ1) is 15.2. The Labute approximate surface area is 126 Å². The zero-order chi connectivity index (χ0) is 15.4. The Morgan fingerprint density at radius 1 is 1.24 bits per heavy atom. The van der Waals surface area contributed by atoms with Crippen LogP contribution in [0.25, 0.3) is 10.6 Å². The lowest BCUT2D eigenvalue weighted by Crippen LogP contribution is -2.09. The van der Waals surface area contributed by atoms with Gasteiger partial charge in [0.2, 0.25) is 0 Å². The predicted octanol–water partition coefficient (Wildman–Crippen LogP) is 3.20. The molecule has 0 aliphatic carbocycles. The van der Waals surface area contributed by atoms with Crippen molar-refractivity contribution < 1.29 is 19.1 Å². The van der Waals surface area contributed by atoms with Crippen LogP contribution >= 0.6 is 11.3 Å². The van der Waals surface area contributed by atoms with Crippen molar-refractivity contribution in [3.63, 3.8) is 0 Å². The summed E-state index contributed by atoms with van der Waals surface area (Å²) >= 11 is 1.19. The van der Waals surface area contributed by atoms with Gasteiger partial charge in [0, 0.05) is 12.5 Å². The van der Waals surface area contributed by atoms with Crippen LogP contribution < -0.4 is 4.74 Å². The van der Waals surface area contributed by atoms with Crippen molar-refractivity contribution in [2.24, 2.45) is 0 Å². The van der Waals surface area contributed by atoms with Gasteiger partial charge in [0.15, 0.2) is 11.5 Å². The summed E-state index contributed by atoms with van der Waals surface area (Å²) in [5, 5.41) is 0.603. The first-order valence-electron chi connectivity index (χ1n) is 6.40. The molecule has 0 aliphatic heterocycles. The highest BCUT2D eigenvalue weighted by molar-refractivity contribution is 7.17. The van der Waals surface area contributed by atoms with Gasteiger partial charge >= 0.3 is 5.97 Å². The second-order valence-electron chi connectivity index (χ2n) is 4.20. The number of methoxy groups -OCH3 is 1. The monoisotopic (exact) mass is 305 g/mol. The van der Waals surface area contributed by atoms with Gasteiger partial charge in [-0.25, -0.2) is 9.78 Å². The van der Waals surface area contributed by atoms with E-state index in [0.29, 0.717) is 9.88 Å². The molecular weight excluding hydrogens is 290 g/mol. The van der Waals surface area contributed by atoms with Crippen LogP contribution in [-0.4, -0.2) is 30.5 Å². The smallest absolute Gasteiger partial charge is 0.358 e. The number of Topliss-reactive ketones (excluding diaryl/α,β-unsaturated/α-hetero) is 1. The summed E-state index contributed by atoms with van der Waals surface area (Å²) in [6, 6.07) is 7.26. The SMILES string of the molecule is CCOC(=O)c1nc(-c2ccc(OC)cc2)sc1C(C)=O. The number of hydrogen-bond acceptors (Lipinski definition) is 6. The highest BCUT2D eigenvalue weighted by Gasteiger charge is 2.22. The lowest BCUT2D eigenvalue weighted by molar-refractivity contribution is 0.0517. The van der Waals surface area contributed by atoms with Gasteiger partial charge in [0.05, 0.1) is 13.7 Å². The Hall–Kier alpha value is -2.21. The third kappa shape index (κ3) is 3.28. The summed E-state index contributed by atoms with van der Waals surface area (Å²) in [6.45, 7) is 3.36. The van der Waals surface area contributed by atoms with Gasteiger partial charge in [0.1, 0.15) is 15.6 Å². The van der Waals surface area contributed by atoms with Crippen molar-refractivity contribution in [2.75, 3.05) is 13.7 Å². The molecule has 0 saturated heterocycles. The molecule has 0 amide bonds. The van der Waals surface area contributed by atoms with Gasteiger partial charge in [-0.05, 0) is 31.2 Å². The molecule has 2 rings (SSSR count). The van der Waals surface area contributed by atoms with Crippen LogP contribution in [0.3, 0.4) is 0 Å². The Kier molecular flexibility index (Phi) is 4.70. The van der Waals surface area contributed by atoms with Gasteiger partial charge in [0.25, 0.3) is 0 Å². The first-order valence-corrected chi connectivity index (χ1v) is 7.21. The molecule has 110 valence electrons. The van der Waals surface area contributed by atoms with E-state index in [0.717, 1.165) is 11.3 Å². The fraction of sp³-hybridized carbons (Fsp3) is 0.267. The molecule has 2 aromatic rings. The average Bonchev–Trinajstić information content (AvgIpc) is 2.93. The maximum atomic E-state index is 11.9. The summed E-state index contributed by atoms with van der Waals surface area (Å²) in [5.74, 6) is -0.0401. The van der Waals surface area contributed by atoms with E-state index >= 15 is 0 Å². The maximum Gasteiger partial charge on any atom is 0.358 e. The predicted molar refractivity (Wildman–Crippen MR) is 80.1 cm³/mol. The van der Waals surface area contributed by atoms with Gasteiger partial charge in [-0.15, -0.1) is 11.3 Å². The normalized spacial score (nSPS) is 10.2. The number of esters is 1. The second kappa shape index (κ2) is 6.49. The average molecular weight is 305 g/mol. The number of ketones is 1. The van der Waals surface area contributed by atoms with Gasteiger partial charge in [-0.2, -0.15) is 0 Å². The molecule has 1 aromatic heterocycles. The Bertz CT molecular complexity index is 661. The van der Waals surface area contributed by atoms with Crippen molar-refractivity contribution in [2.45, 2.75) is 13.8 Å². The molecular formula is C15H15NO4S. The van der Waals surface area contributed by atoms with Crippen LogP contribution in [0, 0.1) is 0 Å². The van der Waals surface area contributed by atoms with Crippen LogP contribution in [0.5, 0.6) is 5.75 Å². The minimum Gasteiger partial charge on any atom is -0.497 e. The van der Waals surface area contributed by atoms with Crippen molar-refractivity contribution in [1.82, 2.24) is 4.98 Å². The molecule has 0 N–H and O–H groups in total. The topological polar surface area (TPSA) is 65.5 Å². The maximum absolute atomic E-state index is 11.9. The third-order valence-electron chi connectivity index (χ3n) is 2.75. The van der Waals surface area contributed by atoms with Gasteiger partial charge in [-0.1, -0.05) is 0 Å². The molecule has 0 radical (unpaired) electrons. The van der Waals surface area contributed by atoms with Crippen LogP contribution in [0.1, 0.15) is 34.0 Å². The summed E-state index contributed by atoms with van der Waals surface area (Å²) in [6.07, 6.45) is 0. The van der Waals surface area contributed by atoms with Crippen molar-refractivity contribution in [1.29, 1.82) is 0 Å². The molecule has 5 nitrogen and oxygen atoms in total. The molecule has 1 aromatic carbocycles. The standard InChI is InChI=1S/C15H15NO4S/c1-4-20-15(18)12-13(9(2)17)21-14(16-12)10-5-7-11(19-3)8-6-10/h5-8H,4H2,1-3H3. The van der Waals surface area contributed by atoms with E-state index in [-0.39, 0.29) is 18.1 Å². The van der Waals surface area contributed by atoms with Gasteiger partial charge < -0.3 is 9.47 Å². The minimum absolute atomic E-state index is 0.0835. The zero-order valence-electron chi connectivity index (χ0n) is 12.0. The van der Waals surface area contributed by atoms with E-state index in [2.05, 4.69) is 4.98 Å². The highest BCUT2D eigenvalue weighted by atomic mass is 32.1. The van der Waals surface area contributed by atoms with Crippen molar-refractivity contribution in [3.05, 3.63) is 34.8 Å². The number of nitrogens with zero attached hydrogens (tertiary/aromatic N) is 1. The third-order valence-corrected chi connectivity index (χ3v) is 3.96. The molecule has 0 spiro atoms. The van der Waals surface area contributed by atoms with Crippen LogP contribution in [-0.2, 0) is 4.74 Å². The Balaban J connectivity index is 2.42. The van der Waals surface area contributed by atoms with Gasteiger partial charge in [-0.3, -0.25) is 4.79 Å². The number of carbonyl (C=O) groups is 2. The number of benzene rings is 1. The molecule has 21 heavy (non-hydrogen) atoms. The molecule has 6 heteroatoms. The molecule has 0 fully saturated rings. The van der Waals surface area contributed by atoms with E-state index in [1.54, 1.807) is 26.2 Å². The molecule has 0 saturated carbocycles. The lowest BCUT2D eigenvalue weighted by Gasteiger charge is -2.00. The van der Waals surface area contributed by atoms with Crippen molar-refractivity contribution in [3.8, 4) is 16.3 Å². The summed E-state index contributed by atoms with van der Waals surface area (Å²) in [7, 11) is 1.59. The Morgan fingerprint density at radius 2 is 1.90 bits per heavy atom. The number of hydrogen-bond donors (Lipinski definition) is 0. The van der Waals surface area contributed by atoms with E-state index in [4.69, 9.17) is 9.47 Å². The summed E-state index contributed by atoms with van der Waals surface area (Å²) in [5.41, 5.74) is 0.902. The number of aromatic nitrogens is 1. The van der Waals surface area contributed by atoms with Crippen LogP contribution in [0.15, 0.2) is 24.3 Å². The number of carbonyl (C=O) groups excluding carboxylic acids is 2. The molecule has 0 bridgehead atoms. The van der Waals surface area contributed by atoms with E-state index < -0.39 is 5.97 Å². The minimum atomic E-state index is -0.571. The zero-order valence-corrected chi connectivity index (χ0v) is 12.8.